The van der Waals surface area contributed by atoms with Crippen LogP contribution < -0.4 is 5.73 Å². The molecular formula is C18H34F3NO2. The largest absolute Gasteiger partial charge is 0.393 e. The van der Waals surface area contributed by atoms with E-state index < -0.39 is 24.8 Å². The van der Waals surface area contributed by atoms with Crippen molar-refractivity contribution >= 4 is 0 Å². The average molecular weight is 353 g/mol. The van der Waals surface area contributed by atoms with Crippen molar-refractivity contribution in [1.82, 2.24) is 0 Å². The van der Waals surface area contributed by atoms with Gasteiger partial charge in [0, 0.05) is 18.9 Å². The number of hydrogen-bond acceptors (Lipinski definition) is 3. The number of hydrogen-bond donors (Lipinski definition) is 3. The molecule has 0 unspecified atom stereocenters. The highest BCUT2D eigenvalue weighted by Gasteiger charge is 2.25. The zero-order valence-corrected chi connectivity index (χ0v) is 14.8. The number of aliphatic hydroxyl groups excluding tert-OH is 2. The molecule has 0 bridgehead atoms. The molecule has 3 atom stereocenters. The van der Waals surface area contributed by atoms with Crippen LogP contribution in [0.5, 0.6) is 0 Å². The van der Waals surface area contributed by atoms with Gasteiger partial charge in [0.25, 0.3) is 0 Å². The summed E-state index contributed by atoms with van der Waals surface area (Å²) in [6, 6.07) is -0.321. The second kappa shape index (κ2) is 13.7. The normalized spacial score (nSPS) is 16.5. The highest BCUT2D eigenvalue weighted by atomic mass is 19.4. The van der Waals surface area contributed by atoms with Gasteiger partial charge >= 0.3 is 6.18 Å². The van der Waals surface area contributed by atoms with Crippen molar-refractivity contribution in [1.29, 1.82) is 0 Å². The fourth-order valence-corrected chi connectivity index (χ4v) is 2.43. The summed E-state index contributed by atoms with van der Waals surface area (Å²) in [4.78, 5) is 0. The van der Waals surface area contributed by atoms with E-state index in [0.29, 0.717) is 19.3 Å². The molecule has 0 heterocycles. The Morgan fingerprint density at radius 2 is 1.46 bits per heavy atom. The van der Waals surface area contributed by atoms with Crippen LogP contribution in [0, 0.1) is 0 Å². The minimum Gasteiger partial charge on any atom is -0.393 e. The Morgan fingerprint density at radius 1 is 0.917 bits per heavy atom. The van der Waals surface area contributed by atoms with E-state index in [0.717, 1.165) is 38.5 Å². The SMILES string of the molecule is C[C@H](N)[C@@H](O)C[C@@H](O)CCCCC/C=C/CCCCCC(F)(F)F. The van der Waals surface area contributed by atoms with Crippen molar-refractivity contribution in [3.05, 3.63) is 12.2 Å². The minimum atomic E-state index is -4.02. The molecule has 0 aromatic heterocycles. The third-order valence-electron chi connectivity index (χ3n) is 4.03. The highest BCUT2D eigenvalue weighted by Crippen LogP contribution is 2.22. The molecule has 0 aromatic rings. The molecule has 6 heteroatoms. The predicted octanol–water partition coefficient (Wildman–Crippen LogP) is 4.47. The second-order valence-corrected chi connectivity index (χ2v) is 6.64. The topological polar surface area (TPSA) is 66.5 Å². The molecule has 4 N–H and O–H groups in total. The van der Waals surface area contributed by atoms with E-state index >= 15 is 0 Å². The Kier molecular flexibility index (Phi) is 13.3. The molecule has 144 valence electrons. The summed E-state index contributed by atoms with van der Waals surface area (Å²) in [6.45, 7) is 1.72. The van der Waals surface area contributed by atoms with Gasteiger partial charge in [-0.25, -0.2) is 0 Å². The maximum Gasteiger partial charge on any atom is 0.389 e. The smallest absolute Gasteiger partial charge is 0.389 e. The summed E-state index contributed by atoms with van der Waals surface area (Å²) >= 11 is 0. The monoisotopic (exact) mass is 353 g/mol. The first-order chi connectivity index (χ1) is 11.2. The standard InChI is InChI=1S/C18H34F3NO2/c1-15(22)17(24)14-16(23)12-10-8-6-4-2-3-5-7-9-11-13-18(19,20)21/h2-3,15-17,23-24H,4-14,22H2,1H3/b3-2+/t15-,16-,17-/m0/s1. The van der Waals surface area contributed by atoms with Gasteiger partial charge < -0.3 is 15.9 Å². The number of unbranched alkanes of at least 4 members (excludes halogenated alkanes) is 6. The molecule has 0 saturated carbocycles. The van der Waals surface area contributed by atoms with Crippen LogP contribution in [0.4, 0.5) is 13.2 Å². The van der Waals surface area contributed by atoms with E-state index in [-0.39, 0.29) is 12.5 Å². The van der Waals surface area contributed by atoms with E-state index in [9.17, 15) is 23.4 Å². The number of aliphatic hydroxyl groups is 2. The van der Waals surface area contributed by atoms with Crippen LogP contribution in [-0.4, -0.2) is 34.6 Å². The summed E-state index contributed by atoms with van der Waals surface area (Å²) in [5.41, 5.74) is 5.55. The zero-order valence-electron chi connectivity index (χ0n) is 14.8. The van der Waals surface area contributed by atoms with Gasteiger partial charge in [0.15, 0.2) is 0 Å². The highest BCUT2D eigenvalue weighted by molar-refractivity contribution is 4.81. The Bertz CT molecular complexity index is 320. The number of alkyl halides is 3. The van der Waals surface area contributed by atoms with Crippen molar-refractivity contribution in [2.24, 2.45) is 5.73 Å². The van der Waals surface area contributed by atoms with Gasteiger partial charge in [-0.15, -0.1) is 0 Å². The van der Waals surface area contributed by atoms with Crippen molar-refractivity contribution in [2.75, 3.05) is 0 Å². The Morgan fingerprint density at radius 3 is 1.96 bits per heavy atom. The summed E-state index contributed by atoms with van der Waals surface area (Å²) in [6.07, 6.45) is 5.68. The van der Waals surface area contributed by atoms with Crippen molar-refractivity contribution < 1.29 is 23.4 Å². The lowest BCUT2D eigenvalue weighted by molar-refractivity contribution is -0.135. The van der Waals surface area contributed by atoms with Gasteiger partial charge in [0.1, 0.15) is 0 Å². The molecular weight excluding hydrogens is 319 g/mol. The van der Waals surface area contributed by atoms with Crippen molar-refractivity contribution in [3.63, 3.8) is 0 Å². The summed E-state index contributed by atoms with van der Waals surface area (Å²) in [5.74, 6) is 0. The summed E-state index contributed by atoms with van der Waals surface area (Å²) in [5, 5.41) is 19.3. The maximum absolute atomic E-state index is 11.9. The van der Waals surface area contributed by atoms with Crippen LogP contribution >= 0.6 is 0 Å². The molecule has 0 radical (unpaired) electrons. The molecule has 0 aliphatic carbocycles. The molecule has 0 spiro atoms. The van der Waals surface area contributed by atoms with Crippen molar-refractivity contribution in [2.45, 2.75) is 102 Å². The first-order valence-electron chi connectivity index (χ1n) is 9.06. The van der Waals surface area contributed by atoms with Crippen LogP contribution in [0.15, 0.2) is 12.2 Å². The summed E-state index contributed by atoms with van der Waals surface area (Å²) in [7, 11) is 0. The first-order valence-corrected chi connectivity index (χ1v) is 9.06. The van der Waals surface area contributed by atoms with Crippen molar-refractivity contribution in [3.8, 4) is 0 Å². The van der Waals surface area contributed by atoms with E-state index in [4.69, 9.17) is 5.73 Å². The number of allylic oxidation sites excluding steroid dienone is 2. The predicted molar refractivity (Wildman–Crippen MR) is 91.6 cm³/mol. The molecule has 0 aliphatic heterocycles. The minimum absolute atomic E-state index is 0.220. The van der Waals surface area contributed by atoms with E-state index in [1.807, 2.05) is 6.08 Å². The van der Waals surface area contributed by atoms with Crippen LogP contribution in [-0.2, 0) is 0 Å². The van der Waals surface area contributed by atoms with Crippen LogP contribution in [0.1, 0.15) is 77.6 Å². The average Bonchev–Trinajstić information content (AvgIpc) is 2.47. The fraction of sp³-hybridized carbons (Fsp3) is 0.889. The molecule has 24 heavy (non-hydrogen) atoms. The molecule has 0 aliphatic rings. The van der Waals surface area contributed by atoms with E-state index in [2.05, 4.69) is 6.08 Å². The Hall–Kier alpha value is -0.590. The molecule has 0 rings (SSSR count). The first kappa shape index (κ1) is 23.4. The molecule has 3 nitrogen and oxygen atoms in total. The number of rotatable bonds is 14. The fourth-order valence-electron chi connectivity index (χ4n) is 2.43. The quantitative estimate of drug-likeness (QED) is 0.319. The third kappa shape index (κ3) is 16.3. The van der Waals surface area contributed by atoms with Gasteiger partial charge in [-0.05, 0) is 45.4 Å². The van der Waals surface area contributed by atoms with Crippen LogP contribution in [0.2, 0.25) is 0 Å². The lowest BCUT2D eigenvalue weighted by atomic mass is 10.0. The zero-order chi connectivity index (χ0) is 18.4. The number of nitrogens with two attached hydrogens (primary N) is 1. The van der Waals surface area contributed by atoms with Crippen LogP contribution in [0.3, 0.4) is 0 Å². The summed E-state index contributed by atoms with van der Waals surface area (Å²) < 4.78 is 35.8. The lowest BCUT2D eigenvalue weighted by Crippen LogP contribution is -2.34. The van der Waals surface area contributed by atoms with E-state index in [1.54, 1.807) is 6.92 Å². The molecule has 0 aromatic carbocycles. The Balaban J connectivity index is 3.38. The van der Waals surface area contributed by atoms with Gasteiger partial charge in [-0.2, -0.15) is 13.2 Å². The lowest BCUT2D eigenvalue weighted by Gasteiger charge is -2.18. The molecule has 0 fully saturated rings. The van der Waals surface area contributed by atoms with Gasteiger partial charge in [-0.1, -0.05) is 31.4 Å². The third-order valence-corrected chi connectivity index (χ3v) is 4.03. The molecule has 0 saturated heterocycles. The maximum atomic E-state index is 11.9. The van der Waals surface area contributed by atoms with Gasteiger partial charge in [0.2, 0.25) is 0 Å². The van der Waals surface area contributed by atoms with Gasteiger partial charge in [0.05, 0.1) is 12.2 Å². The van der Waals surface area contributed by atoms with Gasteiger partial charge in [-0.3, -0.25) is 0 Å². The number of halogens is 3. The second-order valence-electron chi connectivity index (χ2n) is 6.64. The van der Waals surface area contributed by atoms with E-state index in [1.165, 1.54) is 0 Å². The van der Waals surface area contributed by atoms with Crippen LogP contribution in [0.25, 0.3) is 0 Å². The molecule has 0 amide bonds. The Labute approximate surface area is 144 Å².